The lowest BCUT2D eigenvalue weighted by Gasteiger charge is -2.39. The summed E-state index contributed by atoms with van der Waals surface area (Å²) in [6.07, 6.45) is 5.78. The van der Waals surface area contributed by atoms with Crippen molar-refractivity contribution in [2.24, 2.45) is 0 Å². The predicted octanol–water partition coefficient (Wildman–Crippen LogP) is 2.97. The van der Waals surface area contributed by atoms with Crippen LogP contribution in [0.25, 0.3) is 5.57 Å². The van der Waals surface area contributed by atoms with Gasteiger partial charge in [0.15, 0.2) is 0 Å². The smallest absolute Gasteiger partial charge is 0.338 e. The molecule has 0 aromatic heterocycles. The molecule has 4 heteroatoms. The summed E-state index contributed by atoms with van der Waals surface area (Å²) in [6.45, 7) is 2.32. The number of nitrogens with zero attached hydrogens (tertiary/aromatic N) is 1. The summed E-state index contributed by atoms with van der Waals surface area (Å²) in [6, 6.07) is 10.1. The molecule has 1 aliphatic heterocycles. The number of carbonyl (C=O) groups is 1. The van der Waals surface area contributed by atoms with Crippen molar-refractivity contribution >= 4 is 11.5 Å². The number of ether oxygens (including phenoxy) is 1. The molecule has 1 aromatic rings. The molecule has 1 aliphatic carbocycles. The van der Waals surface area contributed by atoms with Gasteiger partial charge in [0.2, 0.25) is 0 Å². The summed E-state index contributed by atoms with van der Waals surface area (Å²) in [5, 5.41) is 11.2. The van der Waals surface area contributed by atoms with Gasteiger partial charge in [0, 0.05) is 12.6 Å². The molecule has 1 heterocycles. The molecule has 4 nitrogen and oxygen atoms in total. The highest BCUT2D eigenvalue weighted by atomic mass is 16.5. The van der Waals surface area contributed by atoms with Gasteiger partial charge in [0.05, 0.1) is 12.7 Å². The van der Waals surface area contributed by atoms with Crippen LogP contribution < -0.4 is 0 Å². The Morgan fingerprint density at radius 2 is 1.87 bits per heavy atom. The second kappa shape index (κ2) is 6.46. The molecule has 0 bridgehead atoms. The Hall–Kier alpha value is -1.65. The summed E-state index contributed by atoms with van der Waals surface area (Å²) >= 11 is 0. The Kier molecular flexibility index (Phi) is 4.55. The number of methoxy groups -OCH3 is 1. The number of rotatable bonds is 3. The zero-order valence-corrected chi connectivity index (χ0v) is 13.9. The van der Waals surface area contributed by atoms with E-state index < -0.39 is 11.7 Å². The van der Waals surface area contributed by atoms with Gasteiger partial charge in [-0.25, -0.2) is 4.79 Å². The van der Waals surface area contributed by atoms with Gasteiger partial charge in [-0.1, -0.05) is 49.6 Å². The molecule has 0 spiro atoms. The first-order chi connectivity index (χ1) is 11.1. The van der Waals surface area contributed by atoms with E-state index in [1.807, 2.05) is 30.3 Å². The normalized spacial score (nSPS) is 26.6. The van der Waals surface area contributed by atoms with Gasteiger partial charge in [-0.3, -0.25) is 4.90 Å². The Labute approximate surface area is 137 Å². The van der Waals surface area contributed by atoms with E-state index in [9.17, 15) is 9.90 Å². The van der Waals surface area contributed by atoms with E-state index in [0.717, 1.165) is 24.0 Å². The Morgan fingerprint density at radius 3 is 2.48 bits per heavy atom. The van der Waals surface area contributed by atoms with Crippen LogP contribution in [-0.2, 0) is 9.53 Å². The number of hydrogen-bond acceptors (Lipinski definition) is 4. The highest BCUT2D eigenvalue weighted by molar-refractivity contribution is 6.01. The van der Waals surface area contributed by atoms with Crippen LogP contribution in [0.15, 0.2) is 35.9 Å². The molecule has 0 radical (unpaired) electrons. The molecule has 23 heavy (non-hydrogen) atoms. The molecule has 1 atom stereocenters. The van der Waals surface area contributed by atoms with Crippen molar-refractivity contribution in [3.63, 3.8) is 0 Å². The van der Waals surface area contributed by atoms with Crippen LogP contribution >= 0.6 is 0 Å². The van der Waals surface area contributed by atoms with Crippen molar-refractivity contribution in [3.05, 3.63) is 41.5 Å². The summed E-state index contributed by atoms with van der Waals surface area (Å²) in [4.78, 5) is 14.5. The number of esters is 1. The van der Waals surface area contributed by atoms with Gasteiger partial charge >= 0.3 is 5.97 Å². The van der Waals surface area contributed by atoms with Crippen LogP contribution in [0.1, 0.15) is 44.6 Å². The van der Waals surface area contributed by atoms with E-state index in [1.54, 1.807) is 6.92 Å². The lowest BCUT2D eigenvalue weighted by atomic mass is 9.92. The molecule has 1 unspecified atom stereocenters. The third-order valence-electron chi connectivity index (χ3n) is 5.19. The highest BCUT2D eigenvalue weighted by Crippen LogP contribution is 2.41. The lowest BCUT2D eigenvalue weighted by Crippen LogP contribution is -2.51. The van der Waals surface area contributed by atoms with Crippen molar-refractivity contribution in [1.29, 1.82) is 0 Å². The van der Waals surface area contributed by atoms with Gasteiger partial charge in [0.1, 0.15) is 5.72 Å². The molecular weight excluding hydrogens is 290 g/mol. The van der Waals surface area contributed by atoms with Crippen LogP contribution in [0.4, 0.5) is 0 Å². The predicted molar refractivity (Wildman–Crippen MR) is 89.6 cm³/mol. The zero-order valence-electron chi connectivity index (χ0n) is 13.9. The van der Waals surface area contributed by atoms with E-state index in [-0.39, 0.29) is 0 Å². The zero-order chi connectivity index (χ0) is 16.4. The summed E-state index contributed by atoms with van der Waals surface area (Å²) in [5.74, 6) is -0.438. The average Bonchev–Trinajstić information content (AvgIpc) is 2.87. The minimum absolute atomic E-state index is 0.319. The third-order valence-corrected chi connectivity index (χ3v) is 5.19. The summed E-state index contributed by atoms with van der Waals surface area (Å²) in [5.41, 5.74) is 0.969. The first-order valence-corrected chi connectivity index (χ1v) is 8.42. The first-order valence-electron chi connectivity index (χ1n) is 8.42. The fourth-order valence-corrected chi connectivity index (χ4v) is 4.00. The minimum Gasteiger partial charge on any atom is -0.466 e. The molecule has 1 aromatic carbocycles. The maximum absolute atomic E-state index is 12.4. The molecular formula is C19H25NO3. The van der Waals surface area contributed by atoms with Crippen molar-refractivity contribution < 1.29 is 14.6 Å². The quantitative estimate of drug-likeness (QED) is 0.871. The maximum atomic E-state index is 12.4. The van der Waals surface area contributed by atoms with Gasteiger partial charge in [-0.2, -0.15) is 0 Å². The van der Waals surface area contributed by atoms with Crippen molar-refractivity contribution in [2.75, 3.05) is 13.7 Å². The average molecular weight is 315 g/mol. The molecule has 0 saturated heterocycles. The standard InChI is InChI=1S/C19H25NO3/c1-19(22)17(18(21)23-2)16(14-9-5-3-6-10-14)13-20(19)15-11-7-4-8-12-15/h3,5-6,9-10,15,22H,4,7-8,11-13H2,1-2H3. The fourth-order valence-electron chi connectivity index (χ4n) is 4.00. The molecule has 3 rings (SSSR count). The topological polar surface area (TPSA) is 49.8 Å². The van der Waals surface area contributed by atoms with E-state index >= 15 is 0 Å². The second-order valence-electron chi connectivity index (χ2n) is 6.65. The minimum atomic E-state index is -1.28. The van der Waals surface area contributed by atoms with Crippen LogP contribution in [0.2, 0.25) is 0 Å². The molecule has 1 N–H and O–H groups in total. The monoisotopic (exact) mass is 315 g/mol. The number of hydrogen-bond donors (Lipinski definition) is 1. The van der Waals surface area contributed by atoms with Crippen LogP contribution in [0.3, 0.4) is 0 Å². The third kappa shape index (κ3) is 2.93. The molecule has 1 saturated carbocycles. The number of aliphatic hydroxyl groups is 1. The van der Waals surface area contributed by atoms with E-state index in [1.165, 1.54) is 26.4 Å². The van der Waals surface area contributed by atoms with E-state index in [0.29, 0.717) is 18.2 Å². The largest absolute Gasteiger partial charge is 0.466 e. The SMILES string of the molecule is COC(=O)C1=C(c2ccccc2)CN(C2CCCCC2)C1(C)O. The maximum Gasteiger partial charge on any atom is 0.338 e. The van der Waals surface area contributed by atoms with Crippen LogP contribution in [0, 0.1) is 0 Å². The van der Waals surface area contributed by atoms with Crippen molar-refractivity contribution in [3.8, 4) is 0 Å². The summed E-state index contributed by atoms with van der Waals surface area (Å²) in [7, 11) is 1.37. The van der Waals surface area contributed by atoms with E-state index in [4.69, 9.17) is 4.74 Å². The Bertz CT molecular complexity index is 600. The van der Waals surface area contributed by atoms with Gasteiger partial charge in [-0.15, -0.1) is 0 Å². The van der Waals surface area contributed by atoms with Crippen LogP contribution in [0.5, 0.6) is 0 Å². The van der Waals surface area contributed by atoms with Crippen molar-refractivity contribution in [1.82, 2.24) is 4.90 Å². The second-order valence-corrected chi connectivity index (χ2v) is 6.65. The first kappa shape index (κ1) is 16.2. The lowest BCUT2D eigenvalue weighted by molar-refractivity contribution is -0.142. The Morgan fingerprint density at radius 1 is 1.22 bits per heavy atom. The molecule has 0 amide bonds. The summed E-state index contributed by atoms with van der Waals surface area (Å²) < 4.78 is 4.97. The Balaban J connectivity index is 2.01. The van der Waals surface area contributed by atoms with Gasteiger partial charge in [0.25, 0.3) is 0 Å². The van der Waals surface area contributed by atoms with Crippen molar-refractivity contribution in [2.45, 2.75) is 50.8 Å². The number of benzene rings is 1. The molecule has 124 valence electrons. The highest BCUT2D eigenvalue weighted by Gasteiger charge is 2.48. The molecule has 2 aliphatic rings. The fraction of sp³-hybridized carbons (Fsp3) is 0.526. The van der Waals surface area contributed by atoms with Gasteiger partial charge in [-0.05, 0) is 30.9 Å². The van der Waals surface area contributed by atoms with Gasteiger partial charge < -0.3 is 9.84 Å². The molecule has 1 fully saturated rings. The van der Waals surface area contributed by atoms with E-state index in [2.05, 4.69) is 4.90 Å². The number of carbonyl (C=O) groups excluding carboxylic acids is 1. The van der Waals surface area contributed by atoms with Crippen LogP contribution in [-0.4, -0.2) is 41.4 Å².